The van der Waals surface area contributed by atoms with Gasteiger partial charge in [0.15, 0.2) is 0 Å². The van der Waals surface area contributed by atoms with E-state index >= 15 is 0 Å². The zero-order valence-electron chi connectivity index (χ0n) is 10.9. The fourth-order valence-corrected chi connectivity index (χ4v) is 2.11. The summed E-state index contributed by atoms with van der Waals surface area (Å²) in [4.78, 5) is 17.0. The average molecular weight is 276 g/mol. The molecule has 5 nitrogen and oxygen atoms in total. The fourth-order valence-electron chi connectivity index (χ4n) is 1.70. The molecule has 0 aliphatic carbocycles. The zero-order valence-corrected chi connectivity index (χ0v) is 11.7. The van der Waals surface area contributed by atoms with Gasteiger partial charge in [-0.25, -0.2) is 4.98 Å². The standard InChI is InChI=1S/C13H16N4OS/c1-10(7-17-9-14-8-15-17)16-13(18)11-3-5-12(19-2)6-4-11/h3-6,8-10H,7H2,1-2H3,(H,16,18)/t10-/m0/s1. The number of rotatable bonds is 5. The lowest BCUT2D eigenvalue weighted by atomic mass is 10.2. The predicted molar refractivity (Wildman–Crippen MR) is 75.2 cm³/mol. The van der Waals surface area contributed by atoms with Gasteiger partial charge in [-0.15, -0.1) is 11.8 Å². The number of hydrogen-bond donors (Lipinski definition) is 1. The third-order valence-electron chi connectivity index (χ3n) is 2.66. The van der Waals surface area contributed by atoms with Crippen LogP contribution in [0.15, 0.2) is 41.8 Å². The van der Waals surface area contributed by atoms with E-state index in [4.69, 9.17) is 0 Å². The van der Waals surface area contributed by atoms with Gasteiger partial charge in [0.2, 0.25) is 0 Å². The first kappa shape index (κ1) is 13.6. The molecule has 1 aromatic carbocycles. The number of carbonyl (C=O) groups is 1. The molecule has 0 saturated heterocycles. The van der Waals surface area contributed by atoms with E-state index in [9.17, 15) is 4.79 Å². The summed E-state index contributed by atoms with van der Waals surface area (Å²) >= 11 is 1.66. The SMILES string of the molecule is CSc1ccc(C(=O)N[C@@H](C)Cn2cncn2)cc1. The van der Waals surface area contributed by atoms with Crippen molar-refractivity contribution >= 4 is 17.7 Å². The van der Waals surface area contributed by atoms with Gasteiger partial charge in [-0.05, 0) is 37.4 Å². The summed E-state index contributed by atoms with van der Waals surface area (Å²) in [5.41, 5.74) is 0.670. The van der Waals surface area contributed by atoms with Crippen molar-refractivity contribution in [1.82, 2.24) is 20.1 Å². The van der Waals surface area contributed by atoms with E-state index < -0.39 is 0 Å². The van der Waals surface area contributed by atoms with Crippen molar-refractivity contribution in [2.45, 2.75) is 24.4 Å². The summed E-state index contributed by atoms with van der Waals surface area (Å²) in [7, 11) is 0. The monoisotopic (exact) mass is 276 g/mol. The van der Waals surface area contributed by atoms with Crippen molar-refractivity contribution in [3.05, 3.63) is 42.5 Å². The highest BCUT2D eigenvalue weighted by atomic mass is 32.2. The smallest absolute Gasteiger partial charge is 0.251 e. The van der Waals surface area contributed by atoms with Crippen molar-refractivity contribution in [2.75, 3.05) is 6.26 Å². The number of carbonyl (C=O) groups excluding carboxylic acids is 1. The topological polar surface area (TPSA) is 59.8 Å². The number of aromatic nitrogens is 3. The maximum Gasteiger partial charge on any atom is 0.251 e. The molecule has 19 heavy (non-hydrogen) atoms. The van der Waals surface area contributed by atoms with Crippen LogP contribution < -0.4 is 5.32 Å². The Hall–Kier alpha value is -1.82. The maximum atomic E-state index is 12.0. The third kappa shape index (κ3) is 3.82. The molecule has 0 fully saturated rings. The summed E-state index contributed by atoms with van der Waals surface area (Å²) in [6.45, 7) is 2.55. The normalized spacial score (nSPS) is 12.1. The second-order valence-corrected chi connectivity index (χ2v) is 5.10. The second kappa shape index (κ2) is 6.38. The molecule has 1 N–H and O–H groups in total. The molecule has 1 amide bonds. The van der Waals surface area contributed by atoms with Crippen LogP contribution in [0.3, 0.4) is 0 Å². The van der Waals surface area contributed by atoms with Crippen molar-refractivity contribution in [3.8, 4) is 0 Å². The summed E-state index contributed by atoms with van der Waals surface area (Å²) in [6.07, 6.45) is 5.13. The summed E-state index contributed by atoms with van der Waals surface area (Å²) < 4.78 is 1.70. The van der Waals surface area contributed by atoms with Gasteiger partial charge in [0.05, 0.1) is 6.54 Å². The lowest BCUT2D eigenvalue weighted by Gasteiger charge is -2.13. The molecule has 0 spiro atoms. The molecule has 0 saturated carbocycles. The van der Waals surface area contributed by atoms with Crippen LogP contribution in [-0.4, -0.2) is 33.0 Å². The Labute approximate surface area is 116 Å². The van der Waals surface area contributed by atoms with Gasteiger partial charge in [0.25, 0.3) is 5.91 Å². The first-order chi connectivity index (χ1) is 9.19. The molecular weight excluding hydrogens is 260 g/mol. The van der Waals surface area contributed by atoms with E-state index in [-0.39, 0.29) is 11.9 Å². The van der Waals surface area contributed by atoms with Crippen LogP contribution in [0.4, 0.5) is 0 Å². The van der Waals surface area contributed by atoms with E-state index in [0.29, 0.717) is 12.1 Å². The Balaban J connectivity index is 1.92. The molecule has 6 heteroatoms. The number of hydrogen-bond acceptors (Lipinski definition) is 4. The highest BCUT2D eigenvalue weighted by molar-refractivity contribution is 7.98. The molecule has 0 unspecified atom stereocenters. The minimum atomic E-state index is -0.0692. The lowest BCUT2D eigenvalue weighted by molar-refractivity contribution is 0.0936. The van der Waals surface area contributed by atoms with Gasteiger partial charge in [0.1, 0.15) is 12.7 Å². The molecule has 0 aliphatic heterocycles. The second-order valence-electron chi connectivity index (χ2n) is 4.22. The predicted octanol–water partition coefficient (Wildman–Crippen LogP) is 1.82. The largest absolute Gasteiger partial charge is 0.348 e. The van der Waals surface area contributed by atoms with E-state index in [1.165, 1.54) is 6.33 Å². The van der Waals surface area contributed by atoms with Crippen LogP contribution in [0, 0.1) is 0 Å². The Morgan fingerprint density at radius 3 is 2.74 bits per heavy atom. The maximum absolute atomic E-state index is 12.0. The van der Waals surface area contributed by atoms with E-state index in [0.717, 1.165) is 4.90 Å². The summed E-state index contributed by atoms with van der Waals surface area (Å²) in [5.74, 6) is -0.0692. The summed E-state index contributed by atoms with van der Waals surface area (Å²) in [5, 5.41) is 6.95. The van der Waals surface area contributed by atoms with Crippen molar-refractivity contribution in [2.24, 2.45) is 0 Å². The molecule has 2 rings (SSSR count). The van der Waals surface area contributed by atoms with E-state index in [2.05, 4.69) is 15.4 Å². The zero-order chi connectivity index (χ0) is 13.7. The summed E-state index contributed by atoms with van der Waals surface area (Å²) in [6, 6.07) is 7.56. The third-order valence-corrected chi connectivity index (χ3v) is 3.40. The number of benzene rings is 1. The van der Waals surface area contributed by atoms with Crippen LogP contribution in [0.25, 0.3) is 0 Å². The van der Waals surface area contributed by atoms with Gasteiger partial charge in [-0.2, -0.15) is 5.10 Å². The molecule has 1 heterocycles. The molecule has 2 aromatic rings. The number of amides is 1. The fraction of sp³-hybridized carbons (Fsp3) is 0.308. The van der Waals surface area contributed by atoms with Crippen LogP contribution in [0.5, 0.6) is 0 Å². The Kier molecular flexibility index (Phi) is 4.57. The molecule has 1 aromatic heterocycles. The minimum absolute atomic E-state index is 0.00516. The van der Waals surface area contributed by atoms with Crippen LogP contribution >= 0.6 is 11.8 Å². The Morgan fingerprint density at radius 2 is 2.16 bits per heavy atom. The highest BCUT2D eigenvalue weighted by Crippen LogP contribution is 2.14. The van der Waals surface area contributed by atoms with Crippen molar-refractivity contribution in [1.29, 1.82) is 0 Å². The molecule has 0 aliphatic rings. The average Bonchev–Trinajstić information content (AvgIpc) is 2.91. The number of thioether (sulfide) groups is 1. The Bertz CT molecular complexity index is 524. The molecule has 1 atom stereocenters. The van der Waals surface area contributed by atoms with Gasteiger partial charge < -0.3 is 5.32 Å². The van der Waals surface area contributed by atoms with Gasteiger partial charge in [-0.1, -0.05) is 0 Å². The van der Waals surface area contributed by atoms with Crippen molar-refractivity contribution < 1.29 is 4.79 Å². The van der Waals surface area contributed by atoms with Crippen molar-refractivity contribution in [3.63, 3.8) is 0 Å². The first-order valence-corrected chi connectivity index (χ1v) is 7.19. The van der Waals surface area contributed by atoms with E-state index in [1.807, 2.05) is 37.4 Å². The quantitative estimate of drug-likeness (QED) is 0.846. The lowest BCUT2D eigenvalue weighted by Crippen LogP contribution is -2.35. The van der Waals surface area contributed by atoms with Crippen LogP contribution in [-0.2, 0) is 6.54 Å². The minimum Gasteiger partial charge on any atom is -0.348 e. The van der Waals surface area contributed by atoms with Gasteiger partial charge in [0, 0.05) is 16.5 Å². The number of nitrogens with one attached hydrogen (secondary N) is 1. The molecular formula is C13H16N4OS. The molecule has 0 bridgehead atoms. The highest BCUT2D eigenvalue weighted by Gasteiger charge is 2.10. The first-order valence-electron chi connectivity index (χ1n) is 5.96. The van der Waals surface area contributed by atoms with Crippen LogP contribution in [0.2, 0.25) is 0 Å². The van der Waals surface area contributed by atoms with Gasteiger partial charge >= 0.3 is 0 Å². The molecule has 100 valence electrons. The number of nitrogens with zero attached hydrogens (tertiary/aromatic N) is 3. The Morgan fingerprint density at radius 1 is 1.42 bits per heavy atom. The van der Waals surface area contributed by atoms with Crippen LogP contribution in [0.1, 0.15) is 17.3 Å². The molecule has 0 radical (unpaired) electrons. The van der Waals surface area contributed by atoms with E-state index in [1.54, 1.807) is 22.8 Å². The van der Waals surface area contributed by atoms with Gasteiger partial charge in [-0.3, -0.25) is 9.48 Å².